The standard InChI is InChI=1S/C8H17NO2.C2H6/c1-6-4-7(9(2)3)5-8(10)11-6;1-2/h6-8,10H,4-5H2,1-3H3;1-2H3/t6?,7?,8-;/m1./s1. The summed E-state index contributed by atoms with van der Waals surface area (Å²) in [6.45, 7) is 6.00. The molecule has 0 saturated carbocycles. The number of aliphatic hydroxyl groups excluding tert-OH is 1. The Morgan fingerprint density at radius 1 is 1.23 bits per heavy atom. The summed E-state index contributed by atoms with van der Waals surface area (Å²) >= 11 is 0. The van der Waals surface area contributed by atoms with Crippen LogP contribution in [0.2, 0.25) is 0 Å². The van der Waals surface area contributed by atoms with Gasteiger partial charge in [0.15, 0.2) is 6.29 Å². The minimum absolute atomic E-state index is 0.186. The van der Waals surface area contributed by atoms with Crippen LogP contribution in [0.15, 0.2) is 0 Å². The molecule has 0 aromatic rings. The maximum Gasteiger partial charge on any atom is 0.156 e. The van der Waals surface area contributed by atoms with E-state index in [0.29, 0.717) is 6.04 Å². The van der Waals surface area contributed by atoms with Gasteiger partial charge in [0.25, 0.3) is 0 Å². The zero-order chi connectivity index (χ0) is 10.4. The summed E-state index contributed by atoms with van der Waals surface area (Å²) in [7, 11) is 4.07. The molecule has 0 aromatic heterocycles. The average molecular weight is 189 g/mol. The summed E-state index contributed by atoms with van der Waals surface area (Å²) in [5.74, 6) is 0. The molecule has 1 heterocycles. The molecule has 1 saturated heterocycles. The molecule has 0 radical (unpaired) electrons. The Balaban J connectivity index is 0.000000671. The molecule has 13 heavy (non-hydrogen) atoms. The molecule has 0 aromatic carbocycles. The maximum atomic E-state index is 9.25. The topological polar surface area (TPSA) is 32.7 Å². The van der Waals surface area contributed by atoms with Crippen LogP contribution in [0.3, 0.4) is 0 Å². The van der Waals surface area contributed by atoms with Crippen LogP contribution < -0.4 is 0 Å². The van der Waals surface area contributed by atoms with Gasteiger partial charge in [0.2, 0.25) is 0 Å². The number of ether oxygens (including phenoxy) is 1. The van der Waals surface area contributed by atoms with Crippen LogP contribution in [-0.2, 0) is 4.74 Å². The fourth-order valence-corrected chi connectivity index (χ4v) is 1.51. The van der Waals surface area contributed by atoms with E-state index in [9.17, 15) is 5.11 Å². The van der Waals surface area contributed by atoms with Gasteiger partial charge in [-0.1, -0.05) is 13.8 Å². The van der Waals surface area contributed by atoms with Crippen molar-refractivity contribution in [2.24, 2.45) is 0 Å². The van der Waals surface area contributed by atoms with Gasteiger partial charge in [-0.05, 0) is 27.4 Å². The highest BCUT2D eigenvalue weighted by atomic mass is 16.6. The summed E-state index contributed by atoms with van der Waals surface area (Å²) in [5.41, 5.74) is 0. The summed E-state index contributed by atoms with van der Waals surface area (Å²) in [5, 5.41) is 9.25. The normalized spacial score (nSPS) is 33.9. The predicted octanol–water partition coefficient (Wildman–Crippen LogP) is 1.46. The van der Waals surface area contributed by atoms with Crippen LogP contribution in [0.25, 0.3) is 0 Å². The first-order chi connectivity index (χ1) is 6.09. The van der Waals surface area contributed by atoms with E-state index in [1.54, 1.807) is 0 Å². The van der Waals surface area contributed by atoms with E-state index in [0.717, 1.165) is 12.8 Å². The molecule has 1 rings (SSSR count). The minimum atomic E-state index is -0.564. The maximum absolute atomic E-state index is 9.25. The average Bonchev–Trinajstić information content (AvgIpc) is 2.06. The Labute approximate surface area is 81.7 Å². The third-order valence-corrected chi connectivity index (χ3v) is 2.20. The zero-order valence-corrected chi connectivity index (χ0v) is 9.45. The van der Waals surface area contributed by atoms with Gasteiger partial charge < -0.3 is 14.7 Å². The van der Waals surface area contributed by atoms with Crippen molar-refractivity contribution in [3.63, 3.8) is 0 Å². The van der Waals surface area contributed by atoms with Gasteiger partial charge in [-0.2, -0.15) is 0 Å². The second-order valence-corrected chi connectivity index (χ2v) is 3.49. The molecule has 3 heteroatoms. The lowest BCUT2D eigenvalue weighted by atomic mass is 10.0. The van der Waals surface area contributed by atoms with Crippen LogP contribution in [0.1, 0.15) is 33.6 Å². The summed E-state index contributed by atoms with van der Waals surface area (Å²) < 4.78 is 5.20. The van der Waals surface area contributed by atoms with E-state index in [-0.39, 0.29) is 6.10 Å². The molecule has 0 aliphatic carbocycles. The molecule has 80 valence electrons. The van der Waals surface area contributed by atoms with E-state index in [1.165, 1.54) is 0 Å². The van der Waals surface area contributed by atoms with Crippen molar-refractivity contribution >= 4 is 0 Å². The Kier molecular flexibility index (Phi) is 6.29. The molecule has 0 bridgehead atoms. The molecule has 2 unspecified atom stereocenters. The van der Waals surface area contributed by atoms with Crippen molar-refractivity contribution < 1.29 is 9.84 Å². The smallest absolute Gasteiger partial charge is 0.156 e. The van der Waals surface area contributed by atoms with E-state index >= 15 is 0 Å². The van der Waals surface area contributed by atoms with Gasteiger partial charge in [-0.25, -0.2) is 0 Å². The Hall–Kier alpha value is -0.120. The quantitative estimate of drug-likeness (QED) is 0.678. The largest absolute Gasteiger partial charge is 0.368 e. The first-order valence-corrected chi connectivity index (χ1v) is 5.09. The third kappa shape index (κ3) is 4.60. The number of aliphatic hydroxyl groups is 1. The van der Waals surface area contributed by atoms with Crippen LogP contribution in [0.5, 0.6) is 0 Å². The van der Waals surface area contributed by atoms with Crippen LogP contribution in [-0.4, -0.2) is 42.5 Å². The monoisotopic (exact) mass is 189 g/mol. The van der Waals surface area contributed by atoms with Gasteiger partial charge >= 0.3 is 0 Å². The van der Waals surface area contributed by atoms with Crippen molar-refractivity contribution in [1.29, 1.82) is 0 Å². The summed E-state index contributed by atoms with van der Waals surface area (Å²) in [4.78, 5) is 2.14. The van der Waals surface area contributed by atoms with Gasteiger partial charge in [0, 0.05) is 12.5 Å². The second kappa shape index (κ2) is 6.35. The Morgan fingerprint density at radius 3 is 2.15 bits per heavy atom. The second-order valence-electron chi connectivity index (χ2n) is 3.49. The first kappa shape index (κ1) is 12.9. The molecule has 1 aliphatic heterocycles. The number of rotatable bonds is 1. The third-order valence-electron chi connectivity index (χ3n) is 2.20. The fraction of sp³-hybridized carbons (Fsp3) is 1.00. The highest BCUT2D eigenvalue weighted by molar-refractivity contribution is 4.75. The number of hydrogen-bond donors (Lipinski definition) is 1. The summed E-state index contributed by atoms with van der Waals surface area (Å²) in [6.07, 6.45) is 1.37. The molecule has 3 nitrogen and oxygen atoms in total. The lowest BCUT2D eigenvalue weighted by molar-refractivity contribution is -0.172. The molecule has 3 atom stereocenters. The first-order valence-electron chi connectivity index (χ1n) is 5.09. The minimum Gasteiger partial charge on any atom is -0.368 e. The Bertz CT molecular complexity index is 118. The van der Waals surface area contributed by atoms with Crippen LogP contribution in [0, 0.1) is 0 Å². The fourth-order valence-electron chi connectivity index (χ4n) is 1.51. The van der Waals surface area contributed by atoms with E-state index in [1.807, 2.05) is 34.9 Å². The number of hydrogen-bond acceptors (Lipinski definition) is 3. The molecular formula is C10H23NO2. The SMILES string of the molecule is CC.CC1CC(N(C)C)C[C@H](O)O1. The number of nitrogens with zero attached hydrogens (tertiary/aromatic N) is 1. The van der Waals surface area contributed by atoms with Crippen molar-refractivity contribution in [1.82, 2.24) is 4.90 Å². The lowest BCUT2D eigenvalue weighted by Crippen LogP contribution is -2.41. The van der Waals surface area contributed by atoms with E-state index in [4.69, 9.17) is 4.74 Å². The zero-order valence-electron chi connectivity index (χ0n) is 9.45. The molecule has 1 fully saturated rings. The summed E-state index contributed by atoms with van der Waals surface area (Å²) in [6, 6.07) is 0.466. The van der Waals surface area contributed by atoms with Gasteiger partial charge in [0.05, 0.1) is 6.10 Å². The highest BCUT2D eigenvalue weighted by Gasteiger charge is 2.26. The van der Waals surface area contributed by atoms with Crippen molar-refractivity contribution in [3.05, 3.63) is 0 Å². The molecule has 0 spiro atoms. The van der Waals surface area contributed by atoms with Gasteiger partial charge in [0.1, 0.15) is 0 Å². The van der Waals surface area contributed by atoms with Gasteiger partial charge in [-0.15, -0.1) is 0 Å². The van der Waals surface area contributed by atoms with Crippen molar-refractivity contribution in [3.8, 4) is 0 Å². The lowest BCUT2D eigenvalue weighted by Gasteiger charge is -2.34. The van der Waals surface area contributed by atoms with Crippen molar-refractivity contribution in [2.45, 2.75) is 52.0 Å². The van der Waals surface area contributed by atoms with Crippen LogP contribution in [0.4, 0.5) is 0 Å². The predicted molar refractivity (Wildman–Crippen MR) is 54.6 cm³/mol. The highest BCUT2D eigenvalue weighted by Crippen LogP contribution is 2.20. The van der Waals surface area contributed by atoms with Crippen molar-refractivity contribution in [2.75, 3.05) is 14.1 Å². The molecule has 0 amide bonds. The Morgan fingerprint density at radius 2 is 1.77 bits per heavy atom. The molecule has 1 aliphatic rings. The molecular weight excluding hydrogens is 166 g/mol. The van der Waals surface area contributed by atoms with E-state index in [2.05, 4.69) is 4.90 Å². The van der Waals surface area contributed by atoms with Crippen LogP contribution >= 0.6 is 0 Å². The molecule has 1 N–H and O–H groups in total. The van der Waals surface area contributed by atoms with E-state index < -0.39 is 6.29 Å². The van der Waals surface area contributed by atoms with Gasteiger partial charge in [-0.3, -0.25) is 0 Å².